The third-order valence-electron chi connectivity index (χ3n) is 4.13. The van der Waals surface area contributed by atoms with Gasteiger partial charge in [0, 0.05) is 23.2 Å². The molecule has 1 aromatic carbocycles. The Morgan fingerprint density at radius 2 is 1.95 bits per heavy atom. The molecule has 3 nitrogen and oxygen atoms in total. The van der Waals surface area contributed by atoms with E-state index in [0.29, 0.717) is 5.02 Å². The molecule has 0 spiro atoms. The Bertz CT molecular complexity index is 456. The van der Waals surface area contributed by atoms with E-state index in [1.54, 1.807) is 7.11 Å². The molecule has 4 heteroatoms. The van der Waals surface area contributed by atoms with E-state index in [-0.39, 0.29) is 6.10 Å². The van der Waals surface area contributed by atoms with Crippen molar-refractivity contribution in [3.05, 3.63) is 22.7 Å². The van der Waals surface area contributed by atoms with Crippen molar-refractivity contribution < 1.29 is 9.47 Å². The van der Waals surface area contributed by atoms with E-state index >= 15 is 0 Å². The Hall–Kier alpha value is -0.930. The Morgan fingerprint density at radius 3 is 2.57 bits per heavy atom. The van der Waals surface area contributed by atoms with Gasteiger partial charge in [-0.3, -0.25) is 0 Å². The molecule has 0 amide bonds. The fourth-order valence-electron chi connectivity index (χ4n) is 2.81. The quantitative estimate of drug-likeness (QED) is 0.844. The van der Waals surface area contributed by atoms with Crippen LogP contribution in [0, 0.1) is 5.92 Å². The molecule has 0 bridgehead atoms. The van der Waals surface area contributed by atoms with Crippen LogP contribution in [0.25, 0.3) is 0 Å². The lowest BCUT2D eigenvalue weighted by molar-refractivity contribution is 0.130. The van der Waals surface area contributed by atoms with Gasteiger partial charge in [0.2, 0.25) is 0 Å². The van der Waals surface area contributed by atoms with Crippen LogP contribution < -0.4 is 14.8 Å². The maximum atomic E-state index is 6.29. The highest BCUT2D eigenvalue weighted by Crippen LogP contribution is 2.37. The molecule has 0 saturated heterocycles. The maximum absolute atomic E-state index is 6.29. The first-order valence-electron chi connectivity index (χ1n) is 7.87. The number of methoxy groups -OCH3 is 1. The van der Waals surface area contributed by atoms with Gasteiger partial charge < -0.3 is 14.8 Å². The highest BCUT2D eigenvalue weighted by Gasteiger charge is 2.22. The van der Waals surface area contributed by atoms with Crippen molar-refractivity contribution in [1.29, 1.82) is 0 Å². The van der Waals surface area contributed by atoms with Crippen molar-refractivity contribution >= 4 is 11.6 Å². The number of ether oxygens (including phenoxy) is 2. The molecule has 0 aliphatic heterocycles. The summed E-state index contributed by atoms with van der Waals surface area (Å²) >= 11 is 6.18. The molecule has 0 radical (unpaired) electrons. The Kier molecular flexibility index (Phi) is 6.19. The number of nitrogens with one attached hydrogen (secondary N) is 1. The third kappa shape index (κ3) is 4.52. The summed E-state index contributed by atoms with van der Waals surface area (Å²) in [5.74, 6) is 2.40. The molecule has 21 heavy (non-hydrogen) atoms. The van der Waals surface area contributed by atoms with Gasteiger partial charge in [-0.25, -0.2) is 0 Å². The summed E-state index contributed by atoms with van der Waals surface area (Å²) in [5, 5.41) is 4.02. The van der Waals surface area contributed by atoms with Crippen LogP contribution in [0.3, 0.4) is 0 Å². The van der Waals surface area contributed by atoms with Gasteiger partial charge in [0.15, 0.2) is 11.5 Å². The van der Waals surface area contributed by atoms with E-state index in [2.05, 4.69) is 19.2 Å². The van der Waals surface area contributed by atoms with Crippen molar-refractivity contribution in [2.75, 3.05) is 13.7 Å². The standard InChI is InChI=1S/C17H26ClNO2/c1-4-19-11-13-9-14(18)10-16(20-3)17(13)21-15-7-5-12(2)6-8-15/h9-10,12,15,19H,4-8,11H2,1-3H3. The molecule has 0 aromatic heterocycles. The van der Waals surface area contributed by atoms with Crippen molar-refractivity contribution in [3.63, 3.8) is 0 Å². The van der Waals surface area contributed by atoms with Crippen LogP contribution in [0.4, 0.5) is 0 Å². The zero-order valence-electron chi connectivity index (χ0n) is 13.2. The fraction of sp³-hybridized carbons (Fsp3) is 0.647. The van der Waals surface area contributed by atoms with E-state index in [1.807, 2.05) is 12.1 Å². The Labute approximate surface area is 133 Å². The molecule has 0 heterocycles. The highest BCUT2D eigenvalue weighted by atomic mass is 35.5. The monoisotopic (exact) mass is 311 g/mol. The first-order chi connectivity index (χ1) is 10.1. The smallest absolute Gasteiger partial charge is 0.166 e. The number of hydrogen-bond donors (Lipinski definition) is 1. The predicted molar refractivity (Wildman–Crippen MR) is 87.4 cm³/mol. The van der Waals surface area contributed by atoms with E-state index in [0.717, 1.165) is 48.9 Å². The van der Waals surface area contributed by atoms with Gasteiger partial charge in [-0.2, -0.15) is 0 Å². The van der Waals surface area contributed by atoms with Crippen molar-refractivity contribution in [2.24, 2.45) is 5.92 Å². The lowest BCUT2D eigenvalue weighted by Gasteiger charge is -2.28. The van der Waals surface area contributed by atoms with E-state index in [9.17, 15) is 0 Å². The topological polar surface area (TPSA) is 30.5 Å². The lowest BCUT2D eigenvalue weighted by atomic mass is 9.89. The first-order valence-corrected chi connectivity index (χ1v) is 8.25. The minimum Gasteiger partial charge on any atom is -0.493 e. The molecule has 1 N–H and O–H groups in total. The molecular formula is C17H26ClNO2. The summed E-state index contributed by atoms with van der Waals surface area (Å²) in [6, 6.07) is 3.80. The highest BCUT2D eigenvalue weighted by molar-refractivity contribution is 6.30. The number of benzene rings is 1. The zero-order chi connectivity index (χ0) is 15.2. The molecule has 118 valence electrons. The molecular weight excluding hydrogens is 286 g/mol. The minimum atomic E-state index is 0.289. The second kappa shape index (κ2) is 7.90. The van der Waals surface area contributed by atoms with Gasteiger partial charge in [0.25, 0.3) is 0 Å². The zero-order valence-corrected chi connectivity index (χ0v) is 14.0. The second-order valence-corrected chi connectivity index (χ2v) is 6.31. The molecule has 1 saturated carbocycles. The van der Waals surface area contributed by atoms with Crippen molar-refractivity contribution in [3.8, 4) is 11.5 Å². The van der Waals surface area contributed by atoms with Crippen molar-refractivity contribution in [1.82, 2.24) is 5.32 Å². The first kappa shape index (κ1) is 16.4. The third-order valence-corrected chi connectivity index (χ3v) is 4.35. The van der Waals surface area contributed by atoms with Gasteiger partial charge in [0.1, 0.15) is 0 Å². The lowest BCUT2D eigenvalue weighted by Crippen LogP contribution is -2.24. The number of hydrogen-bond acceptors (Lipinski definition) is 3. The summed E-state index contributed by atoms with van der Waals surface area (Å²) in [4.78, 5) is 0. The van der Waals surface area contributed by atoms with Crippen LogP contribution >= 0.6 is 11.6 Å². The summed E-state index contributed by atoms with van der Waals surface area (Å²) in [6.07, 6.45) is 5.00. The largest absolute Gasteiger partial charge is 0.493 e. The minimum absolute atomic E-state index is 0.289. The van der Waals surface area contributed by atoms with Gasteiger partial charge >= 0.3 is 0 Å². The van der Waals surface area contributed by atoms with Crippen LogP contribution in [-0.2, 0) is 6.54 Å². The predicted octanol–water partition coefficient (Wildman–Crippen LogP) is 4.42. The van der Waals surface area contributed by atoms with Crippen molar-refractivity contribution in [2.45, 2.75) is 52.2 Å². The van der Waals surface area contributed by atoms with Gasteiger partial charge in [0.05, 0.1) is 13.2 Å². The van der Waals surface area contributed by atoms with Crippen LogP contribution in [0.5, 0.6) is 11.5 Å². The molecule has 1 fully saturated rings. The Morgan fingerprint density at radius 1 is 1.24 bits per heavy atom. The van der Waals surface area contributed by atoms with Gasteiger partial charge in [-0.15, -0.1) is 0 Å². The summed E-state index contributed by atoms with van der Waals surface area (Å²) in [7, 11) is 1.67. The molecule has 0 unspecified atom stereocenters. The SMILES string of the molecule is CCNCc1cc(Cl)cc(OC)c1OC1CCC(C)CC1. The van der Waals surface area contributed by atoms with E-state index < -0.39 is 0 Å². The number of rotatable bonds is 6. The van der Waals surface area contributed by atoms with Gasteiger partial charge in [-0.1, -0.05) is 25.4 Å². The summed E-state index contributed by atoms with van der Waals surface area (Å²) < 4.78 is 11.8. The van der Waals surface area contributed by atoms with E-state index in [4.69, 9.17) is 21.1 Å². The van der Waals surface area contributed by atoms with Crippen LogP contribution in [0.1, 0.15) is 45.1 Å². The van der Waals surface area contributed by atoms with Crippen LogP contribution in [-0.4, -0.2) is 19.8 Å². The van der Waals surface area contributed by atoms with E-state index in [1.165, 1.54) is 12.8 Å². The molecule has 1 aliphatic carbocycles. The fourth-order valence-corrected chi connectivity index (χ4v) is 3.04. The van der Waals surface area contributed by atoms with Crippen LogP contribution in [0.15, 0.2) is 12.1 Å². The van der Waals surface area contributed by atoms with Gasteiger partial charge in [-0.05, 0) is 44.2 Å². The normalized spacial score (nSPS) is 22.1. The maximum Gasteiger partial charge on any atom is 0.166 e. The second-order valence-electron chi connectivity index (χ2n) is 5.88. The average molecular weight is 312 g/mol. The summed E-state index contributed by atoms with van der Waals surface area (Å²) in [6.45, 7) is 6.06. The molecule has 2 rings (SSSR count). The number of halogens is 1. The van der Waals surface area contributed by atoms with Crippen LogP contribution in [0.2, 0.25) is 5.02 Å². The molecule has 0 atom stereocenters. The Balaban J connectivity index is 2.18. The summed E-state index contributed by atoms with van der Waals surface area (Å²) in [5.41, 5.74) is 1.07. The molecule has 1 aromatic rings. The average Bonchev–Trinajstić information content (AvgIpc) is 2.49. The molecule has 1 aliphatic rings.